The van der Waals surface area contributed by atoms with Gasteiger partial charge in [0.25, 0.3) is 11.8 Å². The normalized spacial score (nSPS) is 16.1. The Morgan fingerprint density at radius 3 is 1.22 bits per heavy atom. The van der Waals surface area contributed by atoms with Crippen molar-refractivity contribution in [3.8, 4) is 0 Å². The lowest BCUT2D eigenvalue weighted by atomic mass is 9.75. The fourth-order valence-electron chi connectivity index (χ4n) is 10.8. The molecule has 7 rings (SSSR count). The number of nitrogens with one attached hydrogen (secondary N) is 4. The summed E-state index contributed by atoms with van der Waals surface area (Å²) in [6.07, 6.45) is 23.2. The van der Waals surface area contributed by atoms with Crippen LogP contribution < -0.4 is 31.5 Å². The summed E-state index contributed by atoms with van der Waals surface area (Å²) in [5.41, 5.74) is 9.10. The second-order valence-corrected chi connectivity index (χ2v) is 25.6. The molecule has 0 radical (unpaired) electrons. The van der Waals surface area contributed by atoms with Gasteiger partial charge in [-0.1, -0.05) is 252 Å². The average molecular weight is 1360 g/mol. The molecule has 2 atom stereocenters. The number of unbranched alkanes of at least 4 members (excludes halogenated alkanes) is 18. The minimum atomic E-state index is -1.38. The van der Waals surface area contributed by atoms with Crippen LogP contribution in [0.5, 0.6) is 0 Å². The molecule has 2 aliphatic heterocycles. The van der Waals surface area contributed by atoms with Gasteiger partial charge in [0.2, 0.25) is 0 Å². The summed E-state index contributed by atoms with van der Waals surface area (Å²) in [5.74, 6) is -6.05. The van der Waals surface area contributed by atoms with Crippen molar-refractivity contribution in [3.05, 3.63) is 136 Å². The van der Waals surface area contributed by atoms with Gasteiger partial charge in [0.1, 0.15) is 48.0 Å². The summed E-state index contributed by atoms with van der Waals surface area (Å²) < 4.78 is 11.1. The zero-order valence-electron chi connectivity index (χ0n) is 50.0. The molecule has 4 N–H and O–H groups in total. The SMILES string of the molecule is CCCCCCCCCCCCOC(=O)CNc1ccc(Cl)c(N=C2NN(c3c(Cl)cc(Cl)cc3Cl)C(=O)C2C(c2cccc(C)c2)C2C(=O)N(c3c(Cl)cc(Cl)cc3Cl)NC2=Nc2cc(NCC(=O)OCCCCCCCCCCCC)ccc2Cl)c1. The Morgan fingerprint density at radius 1 is 0.489 bits per heavy atom. The van der Waals surface area contributed by atoms with Crippen molar-refractivity contribution in [2.24, 2.45) is 21.8 Å². The van der Waals surface area contributed by atoms with Gasteiger partial charge in [-0.15, -0.1) is 0 Å². The number of carbonyl (C=O) groups excluding carboxylic acids is 4. The summed E-state index contributed by atoms with van der Waals surface area (Å²) in [7, 11) is 0. The Labute approximate surface area is 558 Å². The van der Waals surface area contributed by atoms with E-state index in [1.54, 1.807) is 42.5 Å². The Hall–Kier alpha value is -5.16. The first kappa shape index (κ1) is 70.3. The average Bonchev–Trinajstić information content (AvgIpc) is 1.68. The number of aryl methyl sites for hydroxylation is 1. The van der Waals surface area contributed by atoms with E-state index < -0.39 is 41.5 Å². The maximum absolute atomic E-state index is 15.8. The van der Waals surface area contributed by atoms with Crippen molar-refractivity contribution in [1.82, 2.24) is 10.9 Å². The zero-order chi connectivity index (χ0) is 63.1. The third kappa shape index (κ3) is 20.4. The molecule has 0 aromatic heterocycles. The standard InChI is InChI=1S/C66H78Cl8N8O6/c1-4-6-8-10-12-14-16-18-20-22-31-87-56(83)40-75-46-27-29-48(69)54(38-46)77-63-59(65(85)81(79-63)61-50(71)34-44(67)35-51(61)72)58(43-26-24-25-42(3)33-43)60-64(80-82(66(60)86)62-52(73)36-45(68)37-53(62)74)78-55-39-47(28-30-49(55)70)76-41-57(84)88-32-23-21-19-17-15-13-11-9-7-5-2/h24-30,33-39,58-60,75-76H,4-23,31-32,40-41H2,1-3H3,(H,77,79)(H,78,80). The van der Waals surface area contributed by atoms with Crippen LogP contribution in [-0.4, -0.2) is 61.7 Å². The molecule has 2 saturated heterocycles. The number of nitrogens with zero attached hydrogens (tertiary/aromatic N) is 4. The van der Waals surface area contributed by atoms with E-state index in [-0.39, 0.29) is 87.7 Å². The van der Waals surface area contributed by atoms with E-state index in [0.29, 0.717) is 30.2 Å². The molecule has 2 aliphatic rings. The monoisotopic (exact) mass is 1360 g/mol. The summed E-state index contributed by atoms with van der Waals surface area (Å²) in [4.78, 5) is 67.7. The van der Waals surface area contributed by atoms with E-state index in [9.17, 15) is 9.59 Å². The van der Waals surface area contributed by atoms with Crippen molar-refractivity contribution in [2.45, 2.75) is 155 Å². The number of aliphatic imine (C=N–C) groups is 2. The molecule has 0 aliphatic carbocycles. The summed E-state index contributed by atoms with van der Waals surface area (Å²) >= 11 is 54.3. The molecule has 22 heteroatoms. The minimum absolute atomic E-state index is 0.0194. The zero-order valence-corrected chi connectivity index (χ0v) is 56.1. The van der Waals surface area contributed by atoms with Gasteiger partial charge in [0.15, 0.2) is 0 Å². The molecule has 88 heavy (non-hydrogen) atoms. The fraction of sp³-hybridized carbons (Fsp3) is 0.455. The van der Waals surface area contributed by atoms with Crippen LogP contribution >= 0.6 is 92.8 Å². The predicted molar refractivity (Wildman–Crippen MR) is 365 cm³/mol. The van der Waals surface area contributed by atoms with E-state index >= 15 is 9.59 Å². The van der Waals surface area contributed by atoms with Crippen LogP contribution in [0.4, 0.5) is 34.1 Å². The van der Waals surface area contributed by atoms with Gasteiger partial charge in [-0.3, -0.25) is 30.0 Å². The van der Waals surface area contributed by atoms with E-state index in [1.165, 1.54) is 114 Å². The van der Waals surface area contributed by atoms with Gasteiger partial charge in [0.05, 0.1) is 54.7 Å². The maximum Gasteiger partial charge on any atom is 0.325 e. The van der Waals surface area contributed by atoms with Gasteiger partial charge < -0.3 is 20.1 Å². The van der Waals surface area contributed by atoms with Crippen LogP contribution in [0.1, 0.15) is 159 Å². The predicted octanol–water partition coefficient (Wildman–Crippen LogP) is 19.9. The number of hydrazine groups is 2. The highest BCUT2D eigenvalue weighted by Crippen LogP contribution is 2.47. The maximum atomic E-state index is 15.8. The van der Waals surface area contributed by atoms with E-state index in [1.807, 2.05) is 25.1 Å². The van der Waals surface area contributed by atoms with Crippen LogP contribution in [0.25, 0.3) is 0 Å². The molecule has 0 saturated carbocycles. The summed E-state index contributed by atoms with van der Waals surface area (Å²) in [5, 5.41) is 9.49. The Morgan fingerprint density at radius 2 is 0.852 bits per heavy atom. The highest BCUT2D eigenvalue weighted by atomic mass is 35.5. The lowest BCUT2D eigenvalue weighted by Crippen LogP contribution is -2.38. The molecular weight excluding hydrogens is 1280 g/mol. The quantitative estimate of drug-likeness (QED) is 0.0227. The van der Waals surface area contributed by atoms with Crippen LogP contribution in [0, 0.1) is 18.8 Å². The number of amides is 2. The number of esters is 2. The number of hydrogen-bond donors (Lipinski definition) is 4. The van der Waals surface area contributed by atoms with Crippen molar-refractivity contribution in [3.63, 3.8) is 0 Å². The lowest BCUT2D eigenvalue weighted by Gasteiger charge is -2.27. The first-order valence-corrected chi connectivity index (χ1v) is 33.6. The second-order valence-electron chi connectivity index (χ2n) is 22.2. The van der Waals surface area contributed by atoms with Crippen LogP contribution in [-0.2, 0) is 28.7 Å². The van der Waals surface area contributed by atoms with E-state index in [0.717, 1.165) is 54.1 Å². The van der Waals surface area contributed by atoms with Gasteiger partial charge in [-0.2, -0.15) is 0 Å². The van der Waals surface area contributed by atoms with E-state index in [2.05, 4.69) is 35.3 Å². The number of ether oxygens (including phenoxy) is 2. The molecule has 2 fully saturated rings. The molecule has 14 nitrogen and oxygen atoms in total. The molecule has 0 spiro atoms. The van der Waals surface area contributed by atoms with Crippen LogP contribution in [0.3, 0.4) is 0 Å². The molecule has 2 heterocycles. The van der Waals surface area contributed by atoms with Crippen LogP contribution in [0.2, 0.25) is 40.2 Å². The van der Waals surface area contributed by atoms with Gasteiger partial charge in [-0.05, 0) is 86.0 Å². The Kier molecular flexibility index (Phi) is 28.8. The van der Waals surface area contributed by atoms with Crippen molar-refractivity contribution in [1.29, 1.82) is 0 Å². The number of hydrogen-bond acceptors (Lipinski definition) is 10. The smallest absolute Gasteiger partial charge is 0.325 e. The molecule has 2 unspecified atom stereocenters. The molecule has 0 bridgehead atoms. The largest absolute Gasteiger partial charge is 0.464 e. The molecule has 2 amide bonds. The van der Waals surface area contributed by atoms with Gasteiger partial charge in [0, 0.05) is 27.3 Å². The highest BCUT2D eigenvalue weighted by molar-refractivity contribution is 6.44. The third-order valence-electron chi connectivity index (χ3n) is 15.3. The summed E-state index contributed by atoms with van der Waals surface area (Å²) in [6.45, 7) is 6.67. The van der Waals surface area contributed by atoms with Gasteiger partial charge >= 0.3 is 11.9 Å². The number of halogens is 8. The third-order valence-corrected chi connectivity index (χ3v) is 17.6. The first-order valence-electron chi connectivity index (χ1n) is 30.6. The Bertz CT molecular complexity index is 3020. The first-order chi connectivity index (χ1) is 42.5. The minimum Gasteiger partial charge on any atom is -0.464 e. The van der Waals surface area contributed by atoms with E-state index in [4.69, 9.17) is 112 Å². The van der Waals surface area contributed by atoms with Crippen molar-refractivity contribution < 1.29 is 28.7 Å². The van der Waals surface area contributed by atoms with Gasteiger partial charge in [-0.25, -0.2) is 20.0 Å². The van der Waals surface area contributed by atoms with Crippen molar-refractivity contribution >= 4 is 162 Å². The topological polar surface area (TPSA) is 166 Å². The molecule has 5 aromatic carbocycles. The number of amidine groups is 2. The molecular formula is C66H78Cl8N8O6. The number of anilines is 4. The lowest BCUT2D eigenvalue weighted by molar-refractivity contribution is -0.142. The number of benzene rings is 5. The number of rotatable bonds is 35. The Balaban J connectivity index is 1.20. The molecule has 474 valence electrons. The number of carbonyl (C=O) groups is 4. The highest BCUT2D eigenvalue weighted by Gasteiger charge is 2.54. The fourth-order valence-corrected chi connectivity index (χ4v) is 13.1. The van der Waals surface area contributed by atoms with Crippen molar-refractivity contribution in [2.75, 3.05) is 47.0 Å². The van der Waals surface area contributed by atoms with Crippen LogP contribution in [0.15, 0.2) is 94.9 Å². The summed E-state index contributed by atoms with van der Waals surface area (Å²) in [6, 6.07) is 23.0. The second kappa shape index (κ2) is 36.0. The molecule has 5 aromatic rings.